The number of aromatic nitrogens is 1. The van der Waals surface area contributed by atoms with Crippen molar-refractivity contribution < 1.29 is 8.81 Å². The summed E-state index contributed by atoms with van der Waals surface area (Å²) in [6, 6.07) is 8.47. The third-order valence-electron chi connectivity index (χ3n) is 2.66. The zero-order valence-electron chi connectivity index (χ0n) is 8.74. The first kappa shape index (κ1) is 9.84. The van der Waals surface area contributed by atoms with Crippen molar-refractivity contribution in [1.29, 1.82) is 0 Å². The van der Waals surface area contributed by atoms with Crippen molar-refractivity contribution in [2.24, 2.45) is 0 Å². The SMILES string of the molecule is O=c1[nH]cc(F)c2ccc(-c3ccco3)cc12. The Hall–Kier alpha value is -2.36. The first-order valence-corrected chi connectivity index (χ1v) is 5.10. The second-order valence-corrected chi connectivity index (χ2v) is 3.70. The average molecular weight is 229 g/mol. The van der Waals surface area contributed by atoms with Crippen LogP contribution < -0.4 is 5.56 Å². The van der Waals surface area contributed by atoms with Gasteiger partial charge < -0.3 is 9.40 Å². The molecule has 0 bridgehead atoms. The van der Waals surface area contributed by atoms with Crippen molar-refractivity contribution in [2.75, 3.05) is 0 Å². The molecule has 0 saturated heterocycles. The number of benzene rings is 1. The number of aromatic amines is 1. The lowest BCUT2D eigenvalue weighted by atomic mass is 10.1. The molecule has 0 aliphatic rings. The number of fused-ring (bicyclic) bond motifs is 1. The fourth-order valence-corrected chi connectivity index (χ4v) is 1.82. The van der Waals surface area contributed by atoms with E-state index >= 15 is 0 Å². The number of rotatable bonds is 1. The molecule has 1 aromatic carbocycles. The lowest BCUT2D eigenvalue weighted by molar-refractivity contribution is 0.582. The largest absolute Gasteiger partial charge is 0.464 e. The van der Waals surface area contributed by atoms with Crippen molar-refractivity contribution in [2.45, 2.75) is 0 Å². The van der Waals surface area contributed by atoms with Gasteiger partial charge in [0.1, 0.15) is 11.6 Å². The lowest BCUT2D eigenvalue weighted by Crippen LogP contribution is -2.06. The van der Waals surface area contributed by atoms with Crippen LogP contribution in [0.25, 0.3) is 22.1 Å². The number of furan rings is 1. The van der Waals surface area contributed by atoms with Gasteiger partial charge in [-0.25, -0.2) is 4.39 Å². The molecular formula is C13H8FNO2. The van der Waals surface area contributed by atoms with Gasteiger partial charge in [-0.05, 0) is 18.2 Å². The third kappa shape index (κ3) is 1.54. The maximum absolute atomic E-state index is 13.4. The molecule has 3 nitrogen and oxygen atoms in total. The molecular weight excluding hydrogens is 221 g/mol. The van der Waals surface area contributed by atoms with E-state index in [4.69, 9.17) is 4.42 Å². The van der Waals surface area contributed by atoms with Crippen molar-refractivity contribution in [1.82, 2.24) is 4.98 Å². The molecule has 2 aromatic heterocycles. The number of hydrogen-bond donors (Lipinski definition) is 1. The molecule has 0 radical (unpaired) electrons. The Labute approximate surface area is 95.5 Å². The van der Waals surface area contributed by atoms with E-state index in [1.807, 2.05) is 0 Å². The average Bonchev–Trinajstić information content (AvgIpc) is 2.87. The van der Waals surface area contributed by atoms with Gasteiger partial charge in [-0.1, -0.05) is 12.1 Å². The van der Waals surface area contributed by atoms with Gasteiger partial charge in [0.15, 0.2) is 0 Å². The predicted molar refractivity (Wildman–Crippen MR) is 62.2 cm³/mol. The van der Waals surface area contributed by atoms with Crippen LogP contribution in [0.4, 0.5) is 4.39 Å². The molecule has 0 fully saturated rings. The monoisotopic (exact) mass is 229 g/mol. The van der Waals surface area contributed by atoms with E-state index in [1.54, 1.807) is 36.6 Å². The predicted octanol–water partition coefficient (Wildman–Crippen LogP) is 2.93. The molecule has 0 spiro atoms. The highest BCUT2D eigenvalue weighted by Gasteiger charge is 2.07. The Bertz CT molecular complexity index is 729. The van der Waals surface area contributed by atoms with E-state index in [-0.39, 0.29) is 5.56 Å². The van der Waals surface area contributed by atoms with Crippen LogP contribution in [0.1, 0.15) is 0 Å². The van der Waals surface area contributed by atoms with Gasteiger partial charge >= 0.3 is 0 Å². The van der Waals surface area contributed by atoms with Gasteiger partial charge in [0, 0.05) is 17.1 Å². The van der Waals surface area contributed by atoms with E-state index in [0.717, 1.165) is 11.8 Å². The number of pyridine rings is 1. The summed E-state index contributed by atoms with van der Waals surface area (Å²) in [4.78, 5) is 14.0. The van der Waals surface area contributed by atoms with Crippen molar-refractivity contribution in [3.63, 3.8) is 0 Å². The van der Waals surface area contributed by atoms with Gasteiger partial charge in [-0.3, -0.25) is 4.79 Å². The molecule has 4 heteroatoms. The molecule has 0 amide bonds. The van der Waals surface area contributed by atoms with Gasteiger partial charge in [0.05, 0.1) is 11.6 Å². The highest BCUT2D eigenvalue weighted by molar-refractivity contribution is 5.86. The Morgan fingerprint density at radius 2 is 2.06 bits per heavy atom. The summed E-state index contributed by atoms with van der Waals surface area (Å²) in [5.41, 5.74) is 0.438. The van der Waals surface area contributed by atoms with Crippen LogP contribution in [0.15, 0.2) is 52.0 Å². The highest BCUT2D eigenvalue weighted by atomic mass is 19.1. The first-order chi connectivity index (χ1) is 8.25. The Kier molecular flexibility index (Phi) is 2.08. The van der Waals surface area contributed by atoms with Crippen molar-refractivity contribution in [3.8, 4) is 11.3 Å². The fourth-order valence-electron chi connectivity index (χ4n) is 1.82. The summed E-state index contributed by atoms with van der Waals surface area (Å²) in [5.74, 6) is 0.209. The molecule has 0 unspecified atom stereocenters. The minimum absolute atomic E-state index is 0.309. The standard InChI is InChI=1S/C13H8FNO2/c14-11-7-15-13(16)10-6-8(3-4-9(10)11)12-2-1-5-17-12/h1-7H,(H,15,16). The molecule has 84 valence electrons. The molecule has 3 aromatic rings. The van der Waals surface area contributed by atoms with Crippen LogP contribution in [-0.2, 0) is 0 Å². The van der Waals surface area contributed by atoms with E-state index < -0.39 is 5.82 Å². The zero-order valence-corrected chi connectivity index (χ0v) is 8.74. The first-order valence-electron chi connectivity index (χ1n) is 5.10. The number of nitrogens with one attached hydrogen (secondary N) is 1. The number of hydrogen-bond acceptors (Lipinski definition) is 2. The van der Waals surface area contributed by atoms with Gasteiger partial charge in [0.2, 0.25) is 0 Å². The quantitative estimate of drug-likeness (QED) is 0.697. The second-order valence-electron chi connectivity index (χ2n) is 3.70. The normalized spacial score (nSPS) is 10.9. The highest BCUT2D eigenvalue weighted by Crippen LogP contribution is 2.23. The van der Waals surface area contributed by atoms with Gasteiger partial charge in [-0.2, -0.15) is 0 Å². The van der Waals surface area contributed by atoms with Crippen LogP contribution in [0.5, 0.6) is 0 Å². The van der Waals surface area contributed by atoms with E-state index in [0.29, 0.717) is 16.5 Å². The van der Waals surface area contributed by atoms with Gasteiger partial charge in [-0.15, -0.1) is 0 Å². The summed E-state index contributed by atoms with van der Waals surface area (Å²) >= 11 is 0. The zero-order chi connectivity index (χ0) is 11.8. The fraction of sp³-hybridized carbons (Fsp3) is 0. The summed E-state index contributed by atoms with van der Waals surface area (Å²) in [7, 11) is 0. The molecule has 3 rings (SSSR count). The summed E-state index contributed by atoms with van der Waals surface area (Å²) in [6.45, 7) is 0. The number of H-pyrrole nitrogens is 1. The van der Waals surface area contributed by atoms with Gasteiger partial charge in [0.25, 0.3) is 5.56 Å². The summed E-state index contributed by atoms with van der Waals surface area (Å²) in [6.07, 6.45) is 2.62. The molecule has 1 N–H and O–H groups in total. The smallest absolute Gasteiger partial charge is 0.256 e. The van der Waals surface area contributed by atoms with Crippen molar-refractivity contribution in [3.05, 3.63) is 59.0 Å². The van der Waals surface area contributed by atoms with E-state index in [9.17, 15) is 9.18 Å². The van der Waals surface area contributed by atoms with E-state index in [1.165, 1.54) is 0 Å². The summed E-state index contributed by atoms with van der Waals surface area (Å²) < 4.78 is 18.7. The molecule has 0 aliphatic heterocycles. The van der Waals surface area contributed by atoms with Crippen LogP contribution in [0.3, 0.4) is 0 Å². The summed E-state index contributed by atoms with van der Waals surface area (Å²) in [5, 5.41) is 0.628. The lowest BCUT2D eigenvalue weighted by Gasteiger charge is -2.01. The maximum Gasteiger partial charge on any atom is 0.256 e. The number of halogens is 1. The maximum atomic E-state index is 13.4. The molecule has 17 heavy (non-hydrogen) atoms. The van der Waals surface area contributed by atoms with E-state index in [2.05, 4.69) is 4.98 Å². The molecule has 0 saturated carbocycles. The van der Waals surface area contributed by atoms with Crippen LogP contribution in [0.2, 0.25) is 0 Å². The topological polar surface area (TPSA) is 46.0 Å². The minimum atomic E-state index is -0.439. The Balaban J connectivity index is 2.33. The van der Waals surface area contributed by atoms with Crippen LogP contribution in [-0.4, -0.2) is 4.98 Å². The Morgan fingerprint density at radius 3 is 2.82 bits per heavy atom. The second kappa shape index (κ2) is 3.59. The molecule has 0 aliphatic carbocycles. The van der Waals surface area contributed by atoms with Crippen LogP contribution >= 0.6 is 0 Å². The van der Waals surface area contributed by atoms with Crippen molar-refractivity contribution >= 4 is 10.8 Å². The van der Waals surface area contributed by atoms with Crippen LogP contribution in [0, 0.1) is 5.82 Å². The third-order valence-corrected chi connectivity index (χ3v) is 2.66. The molecule has 2 heterocycles. The Morgan fingerprint density at radius 1 is 1.18 bits per heavy atom. The molecule has 0 atom stereocenters. The minimum Gasteiger partial charge on any atom is -0.464 e.